The summed E-state index contributed by atoms with van der Waals surface area (Å²) in [6.45, 7) is 7.69. The lowest BCUT2D eigenvalue weighted by atomic mass is 10.0. The highest BCUT2D eigenvalue weighted by Crippen LogP contribution is 2.36. The predicted molar refractivity (Wildman–Crippen MR) is 69.8 cm³/mol. The van der Waals surface area contributed by atoms with Crippen LogP contribution in [0.2, 0.25) is 0 Å². The number of benzene rings is 1. The van der Waals surface area contributed by atoms with Gasteiger partial charge in [0.2, 0.25) is 0 Å². The molecule has 0 aliphatic carbocycles. The minimum absolute atomic E-state index is 0.0278. The molecule has 0 amide bonds. The lowest BCUT2D eigenvalue weighted by Gasteiger charge is -2.39. The van der Waals surface area contributed by atoms with Crippen LogP contribution in [0.1, 0.15) is 32.4 Å². The van der Waals surface area contributed by atoms with Gasteiger partial charge in [0, 0.05) is 19.1 Å². The van der Waals surface area contributed by atoms with Crippen molar-refractivity contribution in [3.05, 3.63) is 23.8 Å². The normalized spacial score (nSPS) is 27.1. The highest BCUT2D eigenvalue weighted by molar-refractivity contribution is 5.45. The molecule has 0 saturated carbocycles. The van der Waals surface area contributed by atoms with Crippen LogP contribution in [0.5, 0.6) is 11.5 Å². The Balaban J connectivity index is 2.22. The number of nitrogens with zero attached hydrogens (tertiary/aromatic N) is 1. The first kappa shape index (κ1) is 13.2. The fourth-order valence-electron chi connectivity index (χ4n) is 2.69. The maximum absolute atomic E-state index is 9.91. The van der Waals surface area contributed by atoms with Crippen LogP contribution in [0.4, 0.5) is 0 Å². The van der Waals surface area contributed by atoms with Gasteiger partial charge in [-0.3, -0.25) is 4.90 Å². The third-order valence-corrected chi connectivity index (χ3v) is 3.47. The molecule has 1 fully saturated rings. The molecule has 100 valence electrons. The Hall–Kier alpha value is -1.26. The Morgan fingerprint density at radius 1 is 1.17 bits per heavy atom. The van der Waals surface area contributed by atoms with Gasteiger partial charge in [-0.1, -0.05) is 6.07 Å². The molecular weight excluding hydrogens is 230 g/mol. The standard InChI is InChI=1S/C14H21NO3/c1-9-7-15(8-10(2)18-9)11(3)14-12(16)5-4-6-13(14)17/h4-6,9-11,16-17H,7-8H2,1-3H3. The number of phenolic OH excluding ortho intramolecular Hbond substituents is 2. The van der Waals surface area contributed by atoms with Gasteiger partial charge in [0.05, 0.1) is 17.8 Å². The summed E-state index contributed by atoms with van der Waals surface area (Å²) in [5, 5.41) is 19.8. The Morgan fingerprint density at radius 3 is 2.17 bits per heavy atom. The summed E-state index contributed by atoms with van der Waals surface area (Å²) in [4.78, 5) is 2.23. The number of hydrogen-bond acceptors (Lipinski definition) is 4. The maximum atomic E-state index is 9.91. The van der Waals surface area contributed by atoms with E-state index in [1.807, 2.05) is 20.8 Å². The van der Waals surface area contributed by atoms with E-state index in [2.05, 4.69) is 4.90 Å². The molecular formula is C14H21NO3. The SMILES string of the molecule is CC1CN(C(C)c2c(O)cccc2O)CC(C)O1. The zero-order valence-corrected chi connectivity index (χ0v) is 11.1. The number of rotatable bonds is 2. The van der Waals surface area contributed by atoms with Crippen molar-refractivity contribution >= 4 is 0 Å². The van der Waals surface area contributed by atoms with Crippen LogP contribution in [0.15, 0.2) is 18.2 Å². The van der Waals surface area contributed by atoms with Gasteiger partial charge in [-0.25, -0.2) is 0 Å². The van der Waals surface area contributed by atoms with Crippen molar-refractivity contribution in [1.29, 1.82) is 0 Å². The lowest BCUT2D eigenvalue weighted by Crippen LogP contribution is -2.46. The van der Waals surface area contributed by atoms with Gasteiger partial charge in [0.1, 0.15) is 11.5 Å². The Morgan fingerprint density at radius 2 is 1.67 bits per heavy atom. The molecule has 0 bridgehead atoms. The van der Waals surface area contributed by atoms with Crippen molar-refractivity contribution in [1.82, 2.24) is 4.90 Å². The molecule has 2 rings (SSSR count). The first-order valence-corrected chi connectivity index (χ1v) is 6.39. The van der Waals surface area contributed by atoms with E-state index in [0.717, 1.165) is 13.1 Å². The van der Waals surface area contributed by atoms with E-state index in [0.29, 0.717) is 5.56 Å². The van der Waals surface area contributed by atoms with Crippen molar-refractivity contribution < 1.29 is 14.9 Å². The molecule has 0 spiro atoms. The van der Waals surface area contributed by atoms with E-state index in [4.69, 9.17) is 4.74 Å². The summed E-state index contributed by atoms with van der Waals surface area (Å²) < 4.78 is 5.70. The van der Waals surface area contributed by atoms with Crippen LogP contribution < -0.4 is 0 Å². The molecule has 1 saturated heterocycles. The number of hydrogen-bond donors (Lipinski definition) is 2. The Kier molecular flexibility index (Phi) is 3.78. The highest BCUT2D eigenvalue weighted by Gasteiger charge is 2.28. The fourth-order valence-corrected chi connectivity index (χ4v) is 2.69. The third-order valence-electron chi connectivity index (χ3n) is 3.47. The zero-order valence-electron chi connectivity index (χ0n) is 11.1. The molecule has 18 heavy (non-hydrogen) atoms. The molecule has 0 aromatic heterocycles. The quantitative estimate of drug-likeness (QED) is 0.846. The van der Waals surface area contributed by atoms with Crippen molar-refractivity contribution in [2.24, 2.45) is 0 Å². The van der Waals surface area contributed by atoms with Gasteiger partial charge < -0.3 is 14.9 Å². The second-order valence-corrected chi connectivity index (χ2v) is 5.10. The molecule has 1 heterocycles. The van der Waals surface area contributed by atoms with Crippen LogP contribution in [-0.4, -0.2) is 40.4 Å². The zero-order chi connectivity index (χ0) is 13.3. The van der Waals surface area contributed by atoms with E-state index >= 15 is 0 Å². The first-order valence-electron chi connectivity index (χ1n) is 6.39. The summed E-state index contributed by atoms with van der Waals surface area (Å²) in [5.41, 5.74) is 0.596. The van der Waals surface area contributed by atoms with E-state index in [9.17, 15) is 10.2 Å². The molecule has 2 N–H and O–H groups in total. The number of morpholine rings is 1. The van der Waals surface area contributed by atoms with Gasteiger partial charge in [0.25, 0.3) is 0 Å². The molecule has 4 heteroatoms. The average molecular weight is 251 g/mol. The van der Waals surface area contributed by atoms with Gasteiger partial charge in [-0.2, -0.15) is 0 Å². The van der Waals surface area contributed by atoms with Gasteiger partial charge in [-0.05, 0) is 32.9 Å². The smallest absolute Gasteiger partial charge is 0.124 e. The van der Waals surface area contributed by atoms with Crippen LogP contribution in [-0.2, 0) is 4.74 Å². The summed E-state index contributed by atoms with van der Waals surface area (Å²) in [5.74, 6) is 0.295. The van der Waals surface area contributed by atoms with Crippen LogP contribution in [0.3, 0.4) is 0 Å². The van der Waals surface area contributed by atoms with E-state index in [1.54, 1.807) is 18.2 Å². The van der Waals surface area contributed by atoms with Crippen LogP contribution in [0, 0.1) is 0 Å². The summed E-state index contributed by atoms with van der Waals surface area (Å²) in [7, 11) is 0. The minimum atomic E-state index is -0.0278. The van der Waals surface area contributed by atoms with Gasteiger partial charge in [-0.15, -0.1) is 0 Å². The molecule has 1 aliphatic heterocycles. The topological polar surface area (TPSA) is 52.9 Å². The molecule has 3 atom stereocenters. The van der Waals surface area contributed by atoms with Gasteiger partial charge >= 0.3 is 0 Å². The Labute approximate surface area is 108 Å². The van der Waals surface area contributed by atoms with E-state index in [-0.39, 0.29) is 29.7 Å². The van der Waals surface area contributed by atoms with Crippen molar-refractivity contribution in [3.8, 4) is 11.5 Å². The number of ether oxygens (including phenoxy) is 1. The third kappa shape index (κ3) is 2.60. The largest absolute Gasteiger partial charge is 0.507 e. The molecule has 0 radical (unpaired) electrons. The Bertz CT molecular complexity index is 391. The fraction of sp³-hybridized carbons (Fsp3) is 0.571. The van der Waals surface area contributed by atoms with Crippen molar-refractivity contribution in [2.75, 3.05) is 13.1 Å². The maximum Gasteiger partial charge on any atom is 0.124 e. The highest BCUT2D eigenvalue weighted by atomic mass is 16.5. The van der Waals surface area contributed by atoms with E-state index in [1.165, 1.54) is 0 Å². The average Bonchev–Trinajstić information content (AvgIpc) is 2.27. The second kappa shape index (κ2) is 5.16. The van der Waals surface area contributed by atoms with Crippen molar-refractivity contribution in [2.45, 2.75) is 39.0 Å². The van der Waals surface area contributed by atoms with E-state index < -0.39 is 0 Å². The monoisotopic (exact) mass is 251 g/mol. The predicted octanol–water partition coefficient (Wildman–Crippen LogP) is 2.27. The van der Waals surface area contributed by atoms with Crippen LogP contribution >= 0.6 is 0 Å². The first-order chi connectivity index (χ1) is 8.49. The summed E-state index contributed by atoms with van der Waals surface area (Å²) in [6, 6.07) is 4.84. The lowest BCUT2D eigenvalue weighted by molar-refractivity contribution is -0.0793. The molecule has 1 aromatic rings. The minimum Gasteiger partial charge on any atom is -0.507 e. The summed E-state index contributed by atoms with van der Waals surface area (Å²) >= 11 is 0. The molecule has 1 aliphatic rings. The summed E-state index contributed by atoms with van der Waals surface area (Å²) in [6.07, 6.45) is 0.341. The number of aromatic hydroxyl groups is 2. The van der Waals surface area contributed by atoms with Crippen molar-refractivity contribution in [3.63, 3.8) is 0 Å². The molecule has 4 nitrogen and oxygen atoms in total. The van der Waals surface area contributed by atoms with Crippen LogP contribution in [0.25, 0.3) is 0 Å². The molecule has 3 unspecified atom stereocenters. The second-order valence-electron chi connectivity index (χ2n) is 5.10. The molecule has 1 aromatic carbocycles. The number of phenols is 2. The van der Waals surface area contributed by atoms with Gasteiger partial charge in [0.15, 0.2) is 0 Å².